The molecule has 0 aliphatic rings. The number of nitrogens with one attached hydrogen (secondary N) is 1. The number of rotatable bonds is 5. The summed E-state index contributed by atoms with van der Waals surface area (Å²) in [5.41, 5.74) is 0.936. The first kappa shape index (κ1) is 17.4. The highest BCUT2D eigenvalue weighted by atomic mass is 35.5. The molecule has 2 rings (SSSR count). The number of aryl methyl sites for hydroxylation is 1. The molecule has 124 valence electrons. The largest absolute Gasteiger partial charge is 0.480 e. The Morgan fingerprint density at radius 3 is 2.33 bits per heavy atom. The van der Waals surface area contributed by atoms with Crippen LogP contribution in [0.4, 0.5) is 11.4 Å². The molecule has 1 atom stereocenters. The van der Waals surface area contributed by atoms with E-state index in [1.807, 2.05) is 0 Å². The lowest BCUT2D eigenvalue weighted by molar-refractivity contribution is -0.384. The van der Waals surface area contributed by atoms with Gasteiger partial charge in [-0.3, -0.25) is 19.7 Å². The summed E-state index contributed by atoms with van der Waals surface area (Å²) in [4.78, 5) is 34.0. The van der Waals surface area contributed by atoms with E-state index in [0.717, 1.165) is 0 Å². The van der Waals surface area contributed by atoms with Gasteiger partial charge >= 0.3 is 5.97 Å². The summed E-state index contributed by atoms with van der Waals surface area (Å²) < 4.78 is 0. The normalized spacial score (nSPS) is 11.6. The molecule has 0 heterocycles. The van der Waals surface area contributed by atoms with E-state index in [0.29, 0.717) is 16.3 Å². The van der Waals surface area contributed by atoms with Crippen molar-refractivity contribution in [1.82, 2.24) is 0 Å². The molecule has 0 bridgehead atoms. The number of amides is 1. The van der Waals surface area contributed by atoms with Crippen molar-refractivity contribution < 1.29 is 19.6 Å². The number of aliphatic carboxylic acids is 1. The molecule has 8 heteroatoms. The zero-order valence-electron chi connectivity index (χ0n) is 12.5. The fourth-order valence-corrected chi connectivity index (χ4v) is 2.29. The van der Waals surface area contributed by atoms with Gasteiger partial charge in [-0.15, -0.1) is 0 Å². The van der Waals surface area contributed by atoms with E-state index in [1.165, 1.54) is 42.5 Å². The number of carbonyl (C=O) groups excluding carboxylic acids is 1. The van der Waals surface area contributed by atoms with Gasteiger partial charge in [0.15, 0.2) is 5.92 Å². The Balaban J connectivity index is 2.27. The lowest BCUT2D eigenvalue weighted by Gasteiger charge is -2.14. The van der Waals surface area contributed by atoms with Crippen molar-refractivity contribution >= 4 is 34.9 Å². The molecular weight excluding hydrogens is 336 g/mol. The number of carboxylic acids is 1. The smallest absolute Gasteiger partial charge is 0.320 e. The van der Waals surface area contributed by atoms with Gasteiger partial charge in [0.25, 0.3) is 5.69 Å². The van der Waals surface area contributed by atoms with Gasteiger partial charge in [-0.2, -0.15) is 0 Å². The van der Waals surface area contributed by atoms with Crippen LogP contribution >= 0.6 is 11.6 Å². The topological polar surface area (TPSA) is 110 Å². The second kappa shape index (κ2) is 7.10. The number of carboxylic acid groups (broad SMARTS) is 1. The Kier molecular flexibility index (Phi) is 5.15. The van der Waals surface area contributed by atoms with Crippen LogP contribution in [0.25, 0.3) is 0 Å². The standard InChI is InChI=1S/C16H13ClN2O5/c1-9-8-12(19(23)24)6-7-13(9)18-15(20)14(16(21)22)10-2-4-11(17)5-3-10/h2-8,14H,1H3,(H,18,20)(H,21,22). The zero-order chi connectivity index (χ0) is 17.9. The van der Waals surface area contributed by atoms with Crippen molar-refractivity contribution in [2.24, 2.45) is 0 Å². The molecular formula is C16H13ClN2O5. The number of non-ortho nitro benzene ring substituents is 1. The summed E-state index contributed by atoms with van der Waals surface area (Å²) in [7, 11) is 0. The Morgan fingerprint density at radius 1 is 1.21 bits per heavy atom. The predicted molar refractivity (Wildman–Crippen MR) is 88.3 cm³/mol. The zero-order valence-corrected chi connectivity index (χ0v) is 13.3. The first-order chi connectivity index (χ1) is 11.3. The molecule has 0 fully saturated rings. The quantitative estimate of drug-likeness (QED) is 0.489. The summed E-state index contributed by atoms with van der Waals surface area (Å²) in [6.07, 6.45) is 0. The minimum atomic E-state index is -1.42. The van der Waals surface area contributed by atoms with Gasteiger partial charge in [0.1, 0.15) is 0 Å². The summed E-state index contributed by atoms with van der Waals surface area (Å²) in [5, 5.41) is 23.0. The molecule has 0 aliphatic carbocycles. The van der Waals surface area contributed by atoms with Crippen LogP contribution in [0, 0.1) is 17.0 Å². The summed E-state index contributed by atoms with van der Waals surface area (Å²) in [5.74, 6) is -3.48. The summed E-state index contributed by atoms with van der Waals surface area (Å²) >= 11 is 5.76. The number of benzene rings is 2. The van der Waals surface area contributed by atoms with Crippen molar-refractivity contribution in [2.75, 3.05) is 5.32 Å². The van der Waals surface area contributed by atoms with E-state index in [2.05, 4.69) is 5.32 Å². The first-order valence-electron chi connectivity index (χ1n) is 6.84. The van der Waals surface area contributed by atoms with Crippen LogP contribution in [-0.2, 0) is 9.59 Å². The summed E-state index contributed by atoms with van der Waals surface area (Å²) in [6, 6.07) is 9.82. The van der Waals surface area contributed by atoms with Crippen molar-refractivity contribution in [3.63, 3.8) is 0 Å². The van der Waals surface area contributed by atoms with Crippen molar-refractivity contribution in [3.05, 3.63) is 68.7 Å². The van der Waals surface area contributed by atoms with Crippen molar-refractivity contribution in [2.45, 2.75) is 12.8 Å². The maximum Gasteiger partial charge on any atom is 0.320 e. The lowest BCUT2D eigenvalue weighted by Crippen LogP contribution is -2.27. The van der Waals surface area contributed by atoms with Crippen molar-refractivity contribution in [1.29, 1.82) is 0 Å². The lowest BCUT2D eigenvalue weighted by atomic mass is 9.98. The summed E-state index contributed by atoms with van der Waals surface area (Å²) in [6.45, 7) is 1.58. The molecule has 1 amide bonds. The molecule has 0 saturated carbocycles. The van der Waals surface area contributed by atoms with E-state index in [9.17, 15) is 24.8 Å². The Labute approximate surface area is 142 Å². The van der Waals surface area contributed by atoms with E-state index >= 15 is 0 Å². The highest BCUT2D eigenvalue weighted by Crippen LogP contribution is 2.24. The molecule has 0 spiro atoms. The fourth-order valence-electron chi connectivity index (χ4n) is 2.17. The minimum Gasteiger partial charge on any atom is -0.480 e. The maximum absolute atomic E-state index is 12.4. The maximum atomic E-state index is 12.4. The average Bonchev–Trinajstić information content (AvgIpc) is 2.51. The van der Waals surface area contributed by atoms with Crippen LogP contribution in [0.5, 0.6) is 0 Å². The third-order valence-corrected chi connectivity index (χ3v) is 3.64. The molecule has 24 heavy (non-hydrogen) atoms. The number of halogens is 1. The van der Waals surface area contributed by atoms with E-state index in [4.69, 9.17) is 11.6 Å². The molecule has 2 aromatic rings. The van der Waals surface area contributed by atoms with Gasteiger partial charge in [-0.05, 0) is 36.2 Å². The first-order valence-corrected chi connectivity index (χ1v) is 7.21. The minimum absolute atomic E-state index is 0.113. The van der Waals surface area contributed by atoms with Gasteiger partial charge in [0, 0.05) is 22.8 Å². The Bertz CT molecular complexity index is 805. The van der Waals surface area contributed by atoms with Crippen molar-refractivity contribution in [3.8, 4) is 0 Å². The third-order valence-electron chi connectivity index (χ3n) is 3.39. The van der Waals surface area contributed by atoms with Crippen LogP contribution in [0.15, 0.2) is 42.5 Å². The Morgan fingerprint density at radius 2 is 1.83 bits per heavy atom. The predicted octanol–water partition coefficient (Wildman–Crippen LogP) is 3.36. The molecule has 0 aliphatic heterocycles. The highest BCUT2D eigenvalue weighted by molar-refractivity contribution is 6.30. The second-order valence-electron chi connectivity index (χ2n) is 5.07. The molecule has 2 aromatic carbocycles. The molecule has 2 N–H and O–H groups in total. The molecule has 0 saturated heterocycles. The SMILES string of the molecule is Cc1cc([N+](=O)[O-])ccc1NC(=O)C(C(=O)O)c1ccc(Cl)cc1. The number of hydrogen-bond donors (Lipinski definition) is 2. The second-order valence-corrected chi connectivity index (χ2v) is 5.50. The van der Waals surface area contributed by atoms with Crippen LogP contribution in [0.1, 0.15) is 17.0 Å². The van der Waals surface area contributed by atoms with E-state index in [-0.39, 0.29) is 11.3 Å². The number of carbonyl (C=O) groups is 2. The monoisotopic (exact) mass is 348 g/mol. The number of hydrogen-bond acceptors (Lipinski definition) is 4. The van der Waals surface area contributed by atoms with E-state index in [1.54, 1.807) is 6.92 Å². The fraction of sp³-hybridized carbons (Fsp3) is 0.125. The molecule has 1 unspecified atom stereocenters. The Hall–Kier alpha value is -2.93. The number of nitro benzene ring substituents is 1. The number of nitro groups is 1. The molecule has 7 nitrogen and oxygen atoms in total. The van der Waals surface area contributed by atoms with Gasteiger partial charge in [0.2, 0.25) is 5.91 Å². The number of nitrogens with zero attached hydrogens (tertiary/aromatic N) is 1. The highest BCUT2D eigenvalue weighted by Gasteiger charge is 2.28. The third kappa shape index (κ3) is 3.88. The van der Waals surface area contributed by atoms with E-state index < -0.39 is 22.7 Å². The van der Waals surface area contributed by atoms with Crippen LogP contribution in [0.3, 0.4) is 0 Å². The van der Waals surface area contributed by atoms with Gasteiger partial charge in [-0.25, -0.2) is 0 Å². The van der Waals surface area contributed by atoms with Crippen LogP contribution in [0.2, 0.25) is 5.02 Å². The van der Waals surface area contributed by atoms with Crippen LogP contribution < -0.4 is 5.32 Å². The molecule has 0 radical (unpaired) electrons. The average molecular weight is 349 g/mol. The number of anilines is 1. The van der Waals surface area contributed by atoms with Gasteiger partial charge in [-0.1, -0.05) is 23.7 Å². The van der Waals surface area contributed by atoms with Gasteiger partial charge in [0.05, 0.1) is 4.92 Å². The molecule has 0 aromatic heterocycles. The van der Waals surface area contributed by atoms with Crippen LogP contribution in [-0.4, -0.2) is 21.9 Å². The van der Waals surface area contributed by atoms with Gasteiger partial charge < -0.3 is 10.4 Å².